The maximum absolute atomic E-state index is 14.1. The van der Waals surface area contributed by atoms with Crippen LogP contribution in [0.15, 0.2) is 24.7 Å². The van der Waals surface area contributed by atoms with Gasteiger partial charge in [0.1, 0.15) is 0 Å². The smallest absolute Gasteiger partial charge is 0.258 e. The summed E-state index contributed by atoms with van der Waals surface area (Å²) in [6, 6.07) is 1.34. The number of anilines is 2. The zero-order valence-electron chi connectivity index (χ0n) is 10.4. The van der Waals surface area contributed by atoms with Gasteiger partial charge in [0.2, 0.25) is 0 Å². The van der Waals surface area contributed by atoms with Gasteiger partial charge in [-0.25, -0.2) is 9.37 Å². The van der Waals surface area contributed by atoms with E-state index in [0.717, 1.165) is 6.42 Å². The average molecular weight is 263 g/mol. The van der Waals surface area contributed by atoms with Gasteiger partial charge in [-0.1, -0.05) is 6.92 Å². The molecule has 2 aromatic rings. The Morgan fingerprint density at radius 2 is 2.37 bits per heavy atom. The summed E-state index contributed by atoms with van der Waals surface area (Å²) in [4.78, 5) is 15.8. The van der Waals surface area contributed by atoms with Gasteiger partial charge in [-0.3, -0.25) is 9.89 Å². The lowest BCUT2D eigenvalue weighted by Gasteiger charge is -2.08. The quantitative estimate of drug-likeness (QED) is 0.770. The molecule has 0 aliphatic rings. The average Bonchev–Trinajstić information content (AvgIpc) is 2.90. The van der Waals surface area contributed by atoms with Crippen LogP contribution in [0.1, 0.15) is 23.7 Å². The lowest BCUT2D eigenvalue weighted by atomic mass is 10.2. The van der Waals surface area contributed by atoms with Crippen LogP contribution in [0.2, 0.25) is 0 Å². The van der Waals surface area contributed by atoms with Crippen LogP contribution in [0.25, 0.3) is 0 Å². The molecule has 0 aromatic carbocycles. The Bertz CT molecular complexity index is 555. The molecule has 7 heteroatoms. The van der Waals surface area contributed by atoms with Gasteiger partial charge in [0.15, 0.2) is 11.6 Å². The summed E-state index contributed by atoms with van der Waals surface area (Å²) >= 11 is 0. The van der Waals surface area contributed by atoms with Crippen molar-refractivity contribution in [3.63, 3.8) is 0 Å². The largest absolute Gasteiger partial charge is 0.368 e. The molecule has 0 fully saturated rings. The topological polar surface area (TPSA) is 82.7 Å². The maximum Gasteiger partial charge on any atom is 0.258 e. The van der Waals surface area contributed by atoms with Crippen molar-refractivity contribution in [2.45, 2.75) is 13.3 Å². The number of carbonyl (C=O) groups is 1. The third-order valence-electron chi connectivity index (χ3n) is 2.43. The molecule has 100 valence electrons. The molecular formula is C12H14FN5O. The van der Waals surface area contributed by atoms with Crippen molar-refractivity contribution < 1.29 is 9.18 Å². The van der Waals surface area contributed by atoms with E-state index in [1.807, 2.05) is 6.92 Å². The molecule has 0 aliphatic heterocycles. The second-order valence-corrected chi connectivity index (χ2v) is 3.89. The Morgan fingerprint density at radius 3 is 3.05 bits per heavy atom. The molecule has 6 nitrogen and oxygen atoms in total. The fourth-order valence-electron chi connectivity index (χ4n) is 1.50. The minimum atomic E-state index is -0.656. The van der Waals surface area contributed by atoms with Crippen molar-refractivity contribution in [2.75, 3.05) is 17.2 Å². The van der Waals surface area contributed by atoms with Crippen LogP contribution >= 0.6 is 0 Å². The van der Waals surface area contributed by atoms with E-state index in [1.54, 1.807) is 0 Å². The number of aromatic nitrogens is 3. The van der Waals surface area contributed by atoms with Gasteiger partial charge < -0.3 is 10.6 Å². The highest BCUT2D eigenvalue weighted by molar-refractivity contribution is 6.04. The van der Waals surface area contributed by atoms with Crippen molar-refractivity contribution in [1.82, 2.24) is 15.2 Å². The monoisotopic (exact) mass is 263 g/mol. The van der Waals surface area contributed by atoms with Crippen molar-refractivity contribution in [1.29, 1.82) is 0 Å². The summed E-state index contributed by atoms with van der Waals surface area (Å²) in [5.74, 6) is -1.11. The molecule has 19 heavy (non-hydrogen) atoms. The minimum absolute atomic E-state index is 0.0604. The Balaban J connectivity index is 2.17. The number of H-pyrrole nitrogens is 1. The number of carbonyl (C=O) groups excluding carboxylic acids is 1. The van der Waals surface area contributed by atoms with E-state index in [4.69, 9.17) is 0 Å². The molecule has 0 spiro atoms. The van der Waals surface area contributed by atoms with Gasteiger partial charge in [0.25, 0.3) is 5.91 Å². The first-order valence-electron chi connectivity index (χ1n) is 5.91. The SMILES string of the molecule is CCCNc1nccc(C(=O)Nc2cn[nH]c2)c1F. The van der Waals surface area contributed by atoms with Crippen LogP contribution in [0.5, 0.6) is 0 Å². The summed E-state index contributed by atoms with van der Waals surface area (Å²) in [6.45, 7) is 2.55. The van der Waals surface area contributed by atoms with E-state index >= 15 is 0 Å². The highest BCUT2D eigenvalue weighted by Crippen LogP contribution is 2.16. The highest BCUT2D eigenvalue weighted by atomic mass is 19.1. The molecule has 2 rings (SSSR count). The number of rotatable bonds is 5. The van der Waals surface area contributed by atoms with E-state index in [9.17, 15) is 9.18 Å². The van der Waals surface area contributed by atoms with E-state index in [1.165, 1.54) is 24.7 Å². The van der Waals surface area contributed by atoms with Gasteiger partial charge >= 0.3 is 0 Å². The molecule has 3 N–H and O–H groups in total. The fourth-order valence-corrected chi connectivity index (χ4v) is 1.50. The molecule has 2 aromatic heterocycles. The Morgan fingerprint density at radius 1 is 1.53 bits per heavy atom. The predicted octanol–water partition coefficient (Wildman–Crippen LogP) is 2.02. The van der Waals surface area contributed by atoms with Crippen LogP contribution in [0.3, 0.4) is 0 Å². The third kappa shape index (κ3) is 3.06. The third-order valence-corrected chi connectivity index (χ3v) is 2.43. The number of pyridine rings is 1. The van der Waals surface area contributed by atoms with E-state index in [2.05, 4.69) is 25.8 Å². The second-order valence-electron chi connectivity index (χ2n) is 3.89. The van der Waals surface area contributed by atoms with Gasteiger partial charge in [-0.2, -0.15) is 5.10 Å². The first kappa shape index (κ1) is 13.0. The minimum Gasteiger partial charge on any atom is -0.368 e. The number of halogens is 1. The van der Waals surface area contributed by atoms with E-state index in [0.29, 0.717) is 12.2 Å². The molecular weight excluding hydrogens is 249 g/mol. The highest BCUT2D eigenvalue weighted by Gasteiger charge is 2.16. The molecule has 1 amide bonds. The molecule has 0 radical (unpaired) electrons. The summed E-state index contributed by atoms with van der Waals surface area (Å²) < 4.78 is 14.1. The molecule has 0 saturated heterocycles. The Kier molecular flexibility index (Phi) is 4.07. The van der Waals surface area contributed by atoms with Crippen molar-refractivity contribution in [3.05, 3.63) is 36.0 Å². The molecule has 0 unspecified atom stereocenters. The fraction of sp³-hybridized carbons (Fsp3) is 0.250. The van der Waals surface area contributed by atoms with Crippen molar-refractivity contribution in [2.24, 2.45) is 0 Å². The van der Waals surface area contributed by atoms with Crippen LogP contribution < -0.4 is 10.6 Å². The summed E-state index contributed by atoms with van der Waals surface area (Å²) in [7, 11) is 0. The van der Waals surface area contributed by atoms with Crippen molar-refractivity contribution >= 4 is 17.4 Å². The Labute approximate surface area is 109 Å². The first-order chi connectivity index (χ1) is 9.22. The van der Waals surface area contributed by atoms with Crippen LogP contribution in [0, 0.1) is 5.82 Å². The zero-order chi connectivity index (χ0) is 13.7. The van der Waals surface area contributed by atoms with Gasteiger partial charge in [0, 0.05) is 18.9 Å². The number of nitrogens with zero attached hydrogens (tertiary/aromatic N) is 2. The number of hydrogen-bond donors (Lipinski definition) is 3. The standard InChI is InChI=1S/C12H14FN5O/c1-2-4-14-11-10(13)9(3-5-15-11)12(19)18-8-6-16-17-7-8/h3,5-7H,2,4H2,1H3,(H,14,15)(H,16,17)(H,18,19). The van der Waals surface area contributed by atoms with Crippen molar-refractivity contribution in [3.8, 4) is 0 Å². The molecule has 0 aliphatic carbocycles. The van der Waals surface area contributed by atoms with Gasteiger partial charge in [-0.05, 0) is 12.5 Å². The summed E-state index contributed by atoms with van der Waals surface area (Å²) in [5.41, 5.74) is 0.416. The molecule has 2 heterocycles. The maximum atomic E-state index is 14.1. The number of hydrogen-bond acceptors (Lipinski definition) is 4. The first-order valence-corrected chi connectivity index (χ1v) is 5.91. The number of amides is 1. The summed E-state index contributed by atoms with van der Waals surface area (Å²) in [6.07, 6.45) is 5.18. The predicted molar refractivity (Wildman–Crippen MR) is 69.5 cm³/mol. The van der Waals surface area contributed by atoms with E-state index < -0.39 is 11.7 Å². The lowest BCUT2D eigenvalue weighted by Crippen LogP contribution is -2.15. The van der Waals surface area contributed by atoms with E-state index in [-0.39, 0.29) is 11.4 Å². The lowest BCUT2D eigenvalue weighted by molar-refractivity contribution is 0.102. The molecule has 0 bridgehead atoms. The number of aromatic amines is 1. The van der Waals surface area contributed by atoms with Crippen LogP contribution in [-0.4, -0.2) is 27.6 Å². The van der Waals surface area contributed by atoms with Gasteiger partial charge in [-0.15, -0.1) is 0 Å². The molecule has 0 atom stereocenters. The zero-order valence-corrected chi connectivity index (χ0v) is 10.4. The molecule has 0 saturated carbocycles. The normalized spacial score (nSPS) is 10.2. The second kappa shape index (κ2) is 5.94. The number of nitrogens with one attached hydrogen (secondary N) is 3. The Hall–Kier alpha value is -2.44. The van der Waals surface area contributed by atoms with Gasteiger partial charge in [0.05, 0.1) is 17.4 Å². The van der Waals surface area contributed by atoms with Crippen LogP contribution in [0.4, 0.5) is 15.9 Å². The van der Waals surface area contributed by atoms with Crippen LogP contribution in [-0.2, 0) is 0 Å². The summed E-state index contributed by atoms with van der Waals surface area (Å²) in [5, 5.41) is 11.6.